The van der Waals surface area contributed by atoms with Crippen LogP contribution in [0.25, 0.3) is 5.82 Å². The maximum Gasteiger partial charge on any atom is 0.259 e. The van der Waals surface area contributed by atoms with Gasteiger partial charge in [-0.25, -0.2) is 22.4 Å². The number of pyridine rings is 1. The summed E-state index contributed by atoms with van der Waals surface area (Å²) in [5.74, 6) is 0.274. The number of aryl methyl sites for hydroxylation is 1. The van der Waals surface area contributed by atoms with Crippen LogP contribution in [0.5, 0.6) is 0 Å². The fraction of sp³-hybridized carbons (Fsp3) is 0.286. The van der Waals surface area contributed by atoms with Gasteiger partial charge in [-0.3, -0.25) is 4.79 Å². The largest absolute Gasteiger partial charge is 0.322 e. The first-order valence-corrected chi connectivity index (χ1v) is 10.9. The summed E-state index contributed by atoms with van der Waals surface area (Å²) < 4.78 is 27.7. The van der Waals surface area contributed by atoms with Crippen LogP contribution in [0.4, 0.5) is 5.69 Å². The van der Waals surface area contributed by atoms with E-state index in [2.05, 4.69) is 15.4 Å². The van der Waals surface area contributed by atoms with E-state index in [1.165, 1.54) is 32.4 Å². The van der Waals surface area contributed by atoms with E-state index in [1.807, 2.05) is 39.0 Å². The number of anilines is 1. The molecule has 0 bridgehead atoms. The second-order valence-electron chi connectivity index (χ2n) is 7.42. The van der Waals surface area contributed by atoms with Crippen molar-refractivity contribution in [3.8, 4) is 5.82 Å². The van der Waals surface area contributed by atoms with Crippen molar-refractivity contribution in [3.63, 3.8) is 0 Å². The van der Waals surface area contributed by atoms with Gasteiger partial charge in [0.1, 0.15) is 0 Å². The second kappa shape index (κ2) is 8.37. The summed E-state index contributed by atoms with van der Waals surface area (Å²) in [6, 6.07) is 10.2. The average Bonchev–Trinajstić information content (AvgIpc) is 3.15. The minimum Gasteiger partial charge on any atom is -0.322 e. The van der Waals surface area contributed by atoms with Crippen LogP contribution in [0.15, 0.2) is 53.7 Å². The molecule has 0 atom stereocenters. The molecule has 3 aromatic rings. The van der Waals surface area contributed by atoms with E-state index in [0.717, 1.165) is 15.6 Å². The molecule has 0 saturated carbocycles. The summed E-state index contributed by atoms with van der Waals surface area (Å²) in [5.41, 5.74) is 2.32. The molecule has 3 rings (SSSR count). The summed E-state index contributed by atoms with van der Waals surface area (Å²) in [4.78, 5) is 17.5. The van der Waals surface area contributed by atoms with Crippen molar-refractivity contribution in [2.45, 2.75) is 31.6 Å². The van der Waals surface area contributed by atoms with E-state index in [4.69, 9.17) is 0 Å². The van der Waals surface area contributed by atoms with E-state index < -0.39 is 10.0 Å². The van der Waals surface area contributed by atoms with Crippen LogP contribution in [0, 0.1) is 6.92 Å². The van der Waals surface area contributed by atoms with E-state index in [9.17, 15) is 13.2 Å². The molecule has 9 heteroatoms. The Hall–Kier alpha value is -3.04. The van der Waals surface area contributed by atoms with Crippen molar-refractivity contribution < 1.29 is 13.2 Å². The molecule has 0 aliphatic rings. The van der Waals surface area contributed by atoms with Gasteiger partial charge in [0.2, 0.25) is 10.0 Å². The molecule has 1 aromatic carbocycles. The van der Waals surface area contributed by atoms with Gasteiger partial charge in [0, 0.05) is 26.0 Å². The van der Waals surface area contributed by atoms with Gasteiger partial charge in [0.25, 0.3) is 5.91 Å². The van der Waals surface area contributed by atoms with E-state index in [0.29, 0.717) is 17.1 Å². The third-order valence-electron chi connectivity index (χ3n) is 4.70. The molecule has 30 heavy (non-hydrogen) atoms. The molecule has 0 spiro atoms. The molecule has 158 valence electrons. The number of carbonyl (C=O) groups excluding carboxylic acids is 1. The highest BCUT2D eigenvalue weighted by molar-refractivity contribution is 7.89. The predicted octanol–water partition coefficient (Wildman–Crippen LogP) is 3.20. The van der Waals surface area contributed by atoms with Crippen LogP contribution < -0.4 is 5.32 Å². The Morgan fingerprint density at radius 1 is 1.17 bits per heavy atom. The summed E-state index contributed by atoms with van der Waals surface area (Å²) in [6.07, 6.45) is 3.18. The Balaban J connectivity index is 1.99. The molecular weight excluding hydrogens is 402 g/mol. The first-order valence-electron chi connectivity index (χ1n) is 9.46. The number of nitrogens with one attached hydrogen (secondary N) is 1. The van der Waals surface area contributed by atoms with Gasteiger partial charge in [-0.15, -0.1) is 0 Å². The van der Waals surface area contributed by atoms with Crippen LogP contribution >= 0.6 is 0 Å². The number of carbonyl (C=O) groups is 1. The lowest BCUT2D eigenvalue weighted by molar-refractivity contribution is 0.102. The van der Waals surface area contributed by atoms with E-state index in [1.54, 1.807) is 16.9 Å². The van der Waals surface area contributed by atoms with Crippen LogP contribution in [0.3, 0.4) is 0 Å². The zero-order valence-electron chi connectivity index (χ0n) is 17.6. The molecule has 2 heterocycles. The topological polar surface area (TPSA) is 97.2 Å². The van der Waals surface area contributed by atoms with Gasteiger partial charge in [0.15, 0.2) is 5.82 Å². The lowest BCUT2D eigenvalue weighted by atomic mass is 10.0. The molecule has 0 radical (unpaired) electrons. The number of sulfonamides is 1. The number of nitrogens with zero attached hydrogens (tertiary/aromatic N) is 4. The molecule has 1 amide bonds. The quantitative estimate of drug-likeness (QED) is 0.652. The molecule has 1 N–H and O–H groups in total. The van der Waals surface area contributed by atoms with Crippen LogP contribution in [0.1, 0.15) is 41.4 Å². The summed E-state index contributed by atoms with van der Waals surface area (Å²) in [7, 11) is -0.680. The number of hydrogen-bond acceptors (Lipinski definition) is 5. The lowest BCUT2D eigenvalue weighted by Crippen LogP contribution is -2.22. The highest BCUT2D eigenvalue weighted by Gasteiger charge is 2.23. The summed E-state index contributed by atoms with van der Waals surface area (Å²) in [6.45, 7) is 5.76. The number of hydrogen-bond donors (Lipinski definition) is 1. The van der Waals surface area contributed by atoms with Crippen molar-refractivity contribution in [3.05, 3.63) is 65.6 Å². The number of benzene rings is 1. The number of rotatable bonds is 6. The Morgan fingerprint density at radius 2 is 1.90 bits per heavy atom. The van der Waals surface area contributed by atoms with Crippen molar-refractivity contribution in [1.29, 1.82) is 0 Å². The van der Waals surface area contributed by atoms with Gasteiger partial charge in [-0.05, 0) is 42.7 Å². The van der Waals surface area contributed by atoms with Crippen LogP contribution in [-0.2, 0) is 10.0 Å². The minimum absolute atomic E-state index is 0.0109. The highest BCUT2D eigenvalue weighted by atomic mass is 32.2. The Morgan fingerprint density at radius 3 is 2.50 bits per heavy atom. The summed E-state index contributed by atoms with van der Waals surface area (Å²) in [5, 5.41) is 7.21. The molecule has 2 aromatic heterocycles. The van der Waals surface area contributed by atoms with Gasteiger partial charge in [0.05, 0.1) is 22.3 Å². The molecule has 0 aliphatic carbocycles. The fourth-order valence-electron chi connectivity index (χ4n) is 3.05. The smallest absolute Gasteiger partial charge is 0.259 e. The zero-order valence-corrected chi connectivity index (χ0v) is 18.4. The Bertz CT molecular complexity index is 1170. The SMILES string of the molecule is Cc1ccc(S(=O)(=O)N(C)C)cc1NC(=O)c1cnn(-c2ccccn2)c1C(C)C. The van der Waals surface area contributed by atoms with Crippen molar-refractivity contribution in [2.24, 2.45) is 0 Å². The third-order valence-corrected chi connectivity index (χ3v) is 6.51. The first-order chi connectivity index (χ1) is 14.1. The minimum atomic E-state index is -3.61. The maximum atomic E-state index is 13.1. The standard InChI is InChI=1S/C21H25N5O3S/c1-14(2)20-17(13-23-26(20)19-8-6-7-11-22-19)21(27)24-18-12-16(10-9-15(18)3)30(28,29)25(4)5/h6-14H,1-5H3,(H,24,27). The third kappa shape index (κ3) is 4.12. The normalized spacial score (nSPS) is 11.8. The van der Waals surface area contributed by atoms with Gasteiger partial charge < -0.3 is 5.32 Å². The van der Waals surface area contributed by atoms with Gasteiger partial charge in [-0.2, -0.15) is 5.10 Å². The van der Waals surface area contributed by atoms with Gasteiger partial charge >= 0.3 is 0 Å². The number of aromatic nitrogens is 3. The van der Waals surface area contributed by atoms with Crippen molar-refractivity contribution >= 4 is 21.6 Å². The van der Waals surface area contributed by atoms with E-state index >= 15 is 0 Å². The molecule has 0 fully saturated rings. The van der Waals surface area contributed by atoms with Gasteiger partial charge in [-0.1, -0.05) is 26.0 Å². The Kier molecular flexibility index (Phi) is 6.04. The average molecular weight is 428 g/mol. The van der Waals surface area contributed by atoms with E-state index in [-0.39, 0.29) is 16.7 Å². The van der Waals surface area contributed by atoms with Crippen molar-refractivity contribution in [2.75, 3.05) is 19.4 Å². The maximum absolute atomic E-state index is 13.1. The number of amides is 1. The predicted molar refractivity (Wildman–Crippen MR) is 115 cm³/mol. The molecule has 0 aliphatic heterocycles. The van der Waals surface area contributed by atoms with Crippen molar-refractivity contribution in [1.82, 2.24) is 19.1 Å². The first kappa shape index (κ1) is 21.7. The fourth-order valence-corrected chi connectivity index (χ4v) is 3.98. The molecule has 8 nitrogen and oxygen atoms in total. The Labute approximate surface area is 176 Å². The highest BCUT2D eigenvalue weighted by Crippen LogP contribution is 2.26. The molecular formula is C21H25N5O3S. The second-order valence-corrected chi connectivity index (χ2v) is 9.57. The monoisotopic (exact) mass is 427 g/mol. The van der Waals surface area contributed by atoms with Crippen LogP contribution in [-0.4, -0.2) is 47.5 Å². The zero-order chi connectivity index (χ0) is 22.1. The molecule has 0 unspecified atom stereocenters. The van der Waals surface area contributed by atoms with Crippen LogP contribution in [0.2, 0.25) is 0 Å². The summed E-state index contributed by atoms with van der Waals surface area (Å²) >= 11 is 0. The lowest BCUT2D eigenvalue weighted by Gasteiger charge is -2.15. The molecule has 0 saturated heterocycles.